The van der Waals surface area contributed by atoms with Gasteiger partial charge in [-0.15, -0.1) is 0 Å². The van der Waals surface area contributed by atoms with Crippen molar-refractivity contribution in [1.29, 1.82) is 0 Å². The second-order valence-corrected chi connectivity index (χ2v) is 9.17. The van der Waals surface area contributed by atoms with Gasteiger partial charge in [0, 0.05) is 20.2 Å². The van der Waals surface area contributed by atoms with Gasteiger partial charge in [0.05, 0.1) is 40.9 Å². The van der Waals surface area contributed by atoms with Crippen LogP contribution in [-0.2, 0) is 21.3 Å². The topological polar surface area (TPSA) is 135 Å². The van der Waals surface area contributed by atoms with Crippen molar-refractivity contribution in [2.24, 2.45) is 24.2 Å². The summed E-state index contributed by atoms with van der Waals surface area (Å²) in [5.41, 5.74) is 17.9. The van der Waals surface area contributed by atoms with Gasteiger partial charge < -0.3 is 31.6 Å². The van der Waals surface area contributed by atoms with Crippen molar-refractivity contribution < 1.29 is 27.4 Å². The second-order valence-electron chi connectivity index (χ2n) is 8.05. The van der Waals surface area contributed by atoms with Gasteiger partial charge in [0.1, 0.15) is 23.0 Å². The highest BCUT2D eigenvalue weighted by molar-refractivity contribution is 8.03. The van der Waals surface area contributed by atoms with Gasteiger partial charge in [-0.1, -0.05) is 11.8 Å². The minimum atomic E-state index is -1.38. The highest BCUT2D eigenvalue weighted by atomic mass is 32.2. The Morgan fingerprint density at radius 3 is 2.65 bits per heavy atom. The van der Waals surface area contributed by atoms with Gasteiger partial charge in [-0.2, -0.15) is 5.10 Å². The zero-order valence-electron chi connectivity index (χ0n) is 18.5. The number of hydrogen-bond acceptors (Lipinski definition) is 8. The van der Waals surface area contributed by atoms with E-state index >= 15 is 0 Å². The SMILES string of the molecule is CO[C@H]1CO[C@H](c2c(N3C(C(N)=O)=C(N)SC3c3c(F)ccc(F)c3F)cnn2C)CC[C@H]1N. The lowest BCUT2D eigenvalue weighted by atomic mass is 10.0. The van der Waals surface area contributed by atoms with Gasteiger partial charge in [0.15, 0.2) is 11.6 Å². The van der Waals surface area contributed by atoms with E-state index in [0.29, 0.717) is 30.3 Å². The second kappa shape index (κ2) is 9.49. The van der Waals surface area contributed by atoms with E-state index in [1.807, 2.05) is 0 Å². The van der Waals surface area contributed by atoms with Crippen molar-refractivity contribution in [2.45, 2.75) is 36.5 Å². The summed E-state index contributed by atoms with van der Waals surface area (Å²) < 4.78 is 56.6. The summed E-state index contributed by atoms with van der Waals surface area (Å²) in [5, 5.41) is 2.97. The van der Waals surface area contributed by atoms with Crippen molar-refractivity contribution in [3.8, 4) is 0 Å². The van der Waals surface area contributed by atoms with E-state index < -0.39 is 40.4 Å². The lowest BCUT2D eigenvalue weighted by molar-refractivity contribution is -0.114. The number of thioether (sulfide) groups is 1. The molecule has 9 nitrogen and oxygen atoms in total. The van der Waals surface area contributed by atoms with Crippen LogP contribution < -0.4 is 22.1 Å². The summed E-state index contributed by atoms with van der Waals surface area (Å²) in [6, 6.07) is 1.25. The molecule has 0 saturated carbocycles. The fourth-order valence-corrected chi connectivity index (χ4v) is 5.52. The van der Waals surface area contributed by atoms with Gasteiger partial charge in [0.25, 0.3) is 5.91 Å². The maximum absolute atomic E-state index is 14.8. The van der Waals surface area contributed by atoms with E-state index in [-0.39, 0.29) is 29.5 Å². The van der Waals surface area contributed by atoms with E-state index in [9.17, 15) is 18.0 Å². The smallest absolute Gasteiger partial charge is 0.268 e. The van der Waals surface area contributed by atoms with Crippen LogP contribution in [0.1, 0.15) is 35.6 Å². The third kappa shape index (κ3) is 4.13. The van der Waals surface area contributed by atoms with Crippen LogP contribution in [-0.4, -0.2) is 41.6 Å². The maximum atomic E-state index is 14.8. The number of aromatic nitrogens is 2. The molecule has 1 aromatic heterocycles. The molecule has 1 aromatic carbocycles. The number of ether oxygens (including phenoxy) is 2. The van der Waals surface area contributed by atoms with Crippen LogP contribution in [0, 0.1) is 17.5 Å². The summed E-state index contributed by atoms with van der Waals surface area (Å²) in [7, 11) is 3.21. The first-order valence-electron chi connectivity index (χ1n) is 10.5. The maximum Gasteiger partial charge on any atom is 0.268 e. The summed E-state index contributed by atoms with van der Waals surface area (Å²) in [6.07, 6.45) is 1.63. The molecule has 1 amide bonds. The molecule has 3 heterocycles. The summed E-state index contributed by atoms with van der Waals surface area (Å²) in [4.78, 5) is 13.6. The normalized spacial score (nSPS) is 25.6. The molecular weight excluding hydrogens is 473 g/mol. The summed E-state index contributed by atoms with van der Waals surface area (Å²) in [5.74, 6) is -4.53. The molecule has 2 aromatic rings. The fourth-order valence-electron chi connectivity index (χ4n) is 4.31. The van der Waals surface area contributed by atoms with Crippen LogP contribution >= 0.6 is 11.8 Å². The van der Waals surface area contributed by atoms with Crippen molar-refractivity contribution >= 4 is 23.4 Å². The molecule has 2 aliphatic heterocycles. The molecule has 34 heavy (non-hydrogen) atoms. The third-order valence-electron chi connectivity index (χ3n) is 6.04. The first-order chi connectivity index (χ1) is 16.1. The van der Waals surface area contributed by atoms with Crippen molar-refractivity contribution in [2.75, 3.05) is 18.6 Å². The molecule has 6 N–H and O–H groups in total. The minimum absolute atomic E-state index is 0.0568. The van der Waals surface area contributed by atoms with Gasteiger partial charge >= 0.3 is 0 Å². The number of primary amides is 1. The molecular formula is C21H25F3N6O3S. The zero-order valence-corrected chi connectivity index (χ0v) is 19.3. The molecule has 2 aliphatic rings. The Balaban J connectivity index is 1.83. The number of carbonyl (C=O) groups is 1. The van der Waals surface area contributed by atoms with Crippen LogP contribution in [0.15, 0.2) is 29.1 Å². The molecule has 1 saturated heterocycles. The average molecular weight is 499 g/mol. The number of nitrogens with two attached hydrogens (primary N) is 3. The van der Waals surface area contributed by atoms with Crippen LogP contribution in [0.25, 0.3) is 0 Å². The lowest BCUT2D eigenvalue weighted by Gasteiger charge is -2.29. The van der Waals surface area contributed by atoms with Crippen LogP contribution in [0.2, 0.25) is 0 Å². The van der Waals surface area contributed by atoms with Gasteiger partial charge in [-0.25, -0.2) is 13.2 Å². The van der Waals surface area contributed by atoms with Crippen LogP contribution in [0.4, 0.5) is 18.9 Å². The number of nitrogens with zero attached hydrogens (tertiary/aromatic N) is 3. The van der Waals surface area contributed by atoms with Crippen LogP contribution in [0.5, 0.6) is 0 Å². The van der Waals surface area contributed by atoms with E-state index in [4.69, 9.17) is 26.7 Å². The Morgan fingerprint density at radius 2 is 1.97 bits per heavy atom. The number of benzene rings is 1. The monoisotopic (exact) mass is 498 g/mol. The lowest BCUT2D eigenvalue weighted by Crippen LogP contribution is -2.37. The Kier molecular flexibility index (Phi) is 6.80. The molecule has 0 radical (unpaired) electrons. The number of halogens is 3. The quantitative estimate of drug-likeness (QED) is 0.532. The highest BCUT2D eigenvalue weighted by Gasteiger charge is 2.43. The number of aryl methyl sites for hydroxylation is 1. The number of rotatable bonds is 5. The Bertz CT molecular complexity index is 1140. The van der Waals surface area contributed by atoms with Crippen molar-refractivity contribution in [3.63, 3.8) is 0 Å². The molecule has 4 atom stereocenters. The molecule has 13 heteroatoms. The number of amides is 1. The number of carbonyl (C=O) groups excluding carboxylic acids is 1. The fraction of sp³-hybridized carbons (Fsp3) is 0.429. The average Bonchev–Trinajstić information content (AvgIpc) is 3.26. The van der Waals surface area contributed by atoms with Gasteiger partial charge in [-0.3, -0.25) is 9.48 Å². The molecule has 1 unspecified atom stereocenters. The summed E-state index contributed by atoms with van der Waals surface area (Å²) in [6.45, 7) is 0.207. The van der Waals surface area contributed by atoms with E-state index in [2.05, 4.69) is 5.10 Å². The predicted molar refractivity (Wildman–Crippen MR) is 119 cm³/mol. The van der Waals surface area contributed by atoms with E-state index in [0.717, 1.165) is 17.8 Å². The number of anilines is 1. The number of hydrogen-bond donors (Lipinski definition) is 3. The first-order valence-corrected chi connectivity index (χ1v) is 11.3. The standard InChI is InChI=1S/C21H25F3N6O3S/c1-29-17(13-6-5-11(25)14(32-2)8-33-13)12(7-28-29)30-18(19(26)31)20(27)34-21(30)15-9(22)3-4-10(23)16(15)24/h3-4,7,11,13-14,21H,5-6,8,25,27H2,1-2H3,(H2,26,31)/t11-,13+,14+,21?/m1/s1. The Labute approximate surface area is 198 Å². The van der Waals surface area contributed by atoms with Gasteiger partial charge in [-0.05, 0) is 25.0 Å². The molecule has 0 aliphatic carbocycles. The van der Waals surface area contributed by atoms with E-state index in [1.54, 1.807) is 14.2 Å². The number of methoxy groups -OCH3 is 1. The zero-order chi connectivity index (χ0) is 24.7. The summed E-state index contributed by atoms with van der Waals surface area (Å²) >= 11 is 0.786. The highest BCUT2D eigenvalue weighted by Crippen LogP contribution is 2.51. The third-order valence-corrected chi connectivity index (χ3v) is 7.16. The van der Waals surface area contributed by atoms with Crippen molar-refractivity contribution in [1.82, 2.24) is 9.78 Å². The first kappa shape index (κ1) is 24.4. The molecule has 0 bridgehead atoms. The predicted octanol–water partition coefficient (Wildman–Crippen LogP) is 1.90. The Hall–Kier alpha value is -2.74. The minimum Gasteiger partial charge on any atom is -0.392 e. The van der Waals surface area contributed by atoms with Gasteiger partial charge in [0.2, 0.25) is 0 Å². The Morgan fingerprint density at radius 1 is 1.26 bits per heavy atom. The van der Waals surface area contributed by atoms with Crippen LogP contribution in [0.3, 0.4) is 0 Å². The van der Waals surface area contributed by atoms with E-state index in [1.165, 1.54) is 15.8 Å². The largest absolute Gasteiger partial charge is 0.392 e. The molecule has 1 fully saturated rings. The molecule has 184 valence electrons. The molecule has 4 rings (SSSR count). The van der Waals surface area contributed by atoms with Crippen molar-refractivity contribution in [3.05, 3.63) is 57.8 Å². The molecule has 0 spiro atoms.